The van der Waals surface area contributed by atoms with E-state index in [-0.39, 0.29) is 12.3 Å². The number of rotatable bonds is 2. The van der Waals surface area contributed by atoms with E-state index in [9.17, 15) is 4.79 Å². The number of hydrogen-bond donors (Lipinski definition) is 1. The maximum absolute atomic E-state index is 11.2. The smallest absolute Gasteiger partial charge is 0.223 e. The molecular weight excluding hydrogens is 290 g/mol. The molecule has 2 aromatic rings. The zero-order valence-electron chi connectivity index (χ0n) is 12.6. The molecule has 1 fully saturated rings. The van der Waals surface area contributed by atoms with Crippen molar-refractivity contribution in [3.05, 3.63) is 70.3 Å². The van der Waals surface area contributed by atoms with Gasteiger partial charge in [-0.05, 0) is 16.7 Å². The van der Waals surface area contributed by atoms with E-state index in [0.717, 1.165) is 27.8 Å². The van der Waals surface area contributed by atoms with Gasteiger partial charge in [0.25, 0.3) is 0 Å². The normalized spacial score (nSPS) is 17.6. The fourth-order valence-corrected chi connectivity index (χ4v) is 3.35. The zero-order chi connectivity index (χ0) is 15.9. The van der Waals surface area contributed by atoms with Gasteiger partial charge in [-0.15, -0.1) is 0 Å². The van der Waals surface area contributed by atoms with Crippen LogP contribution < -0.4 is 5.73 Å². The molecule has 1 amide bonds. The summed E-state index contributed by atoms with van der Waals surface area (Å²) in [6, 6.07) is 14.0. The van der Waals surface area contributed by atoms with Crippen LogP contribution in [0.4, 0.5) is 0 Å². The monoisotopic (exact) mass is 307 g/mol. The van der Waals surface area contributed by atoms with Gasteiger partial charge in [-0.25, -0.2) is 0 Å². The van der Waals surface area contributed by atoms with Crippen LogP contribution in [0.15, 0.2) is 42.5 Å². The van der Waals surface area contributed by atoms with Crippen molar-refractivity contribution in [3.63, 3.8) is 0 Å². The van der Waals surface area contributed by atoms with Crippen LogP contribution in [0, 0.1) is 0 Å². The summed E-state index contributed by atoms with van der Waals surface area (Å²) in [4.78, 5) is 11.2. The van der Waals surface area contributed by atoms with Crippen LogP contribution in [0.1, 0.15) is 27.8 Å². The number of primary amides is 1. The fraction of sp³-hybridized carbons (Fsp3) is 0.211. The molecule has 4 nitrogen and oxygen atoms in total. The predicted octanol–water partition coefficient (Wildman–Crippen LogP) is 2.45. The largest absolute Gasteiger partial charge is 0.369 e. The van der Waals surface area contributed by atoms with Gasteiger partial charge in [-0.2, -0.15) is 0 Å². The maximum atomic E-state index is 11.2. The lowest BCUT2D eigenvalue weighted by Gasteiger charge is -2.30. The van der Waals surface area contributed by atoms with Gasteiger partial charge in [0.15, 0.2) is 0 Å². The molecule has 0 bridgehead atoms. The second-order valence-electron chi connectivity index (χ2n) is 5.80. The van der Waals surface area contributed by atoms with Gasteiger partial charge >= 0.3 is 0 Å². The van der Waals surface area contributed by atoms with Crippen molar-refractivity contribution >= 4 is 18.1 Å². The third-order valence-electron chi connectivity index (χ3n) is 4.30. The summed E-state index contributed by atoms with van der Waals surface area (Å²) in [7, 11) is 0. The Morgan fingerprint density at radius 3 is 2.48 bits per heavy atom. The molecular formula is C19H17NO3. The van der Waals surface area contributed by atoms with Crippen LogP contribution in [0.25, 0.3) is 12.2 Å². The Bertz CT molecular complexity index is 804. The Morgan fingerprint density at radius 2 is 1.70 bits per heavy atom. The number of ether oxygens (including phenoxy) is 2. The number of amides is 1. The van der Waals surface area contributed by atoms with Gasteiger partial charge in [0.2, 0.25) is 11.7 Å². The first-order valence-corrected chi connectivity index (χ1v) is 7.66. The van der Waals surface area contributed by atoms with Gasteiger partial charge < -0.3 is 15.2 Å². The molecule has 0 atom stereocenters. The van der Waals surface area contributed by atoms with Crippen molar-refractivity contribution in [1.82, 2.24) is 0 Å². The van der Waals surface area contributed by atoms with E-state index < -0.39 is 5.79 Å². The van der Waals surface area contributed by atoms with Crippen LogP contribution in [-0.2, 0) is 26.5 Å². The molecule has 1 spiro atoms. The lowest BCUT2D eigenvalue weighted by molar-refractivity contribution is -0.130. The van der Waals surface area contributed by atoms with E-state index in [1.807, 2.05) is 42.5 Å². The van der Waals surface area contributed by atoms with Crippen LogP contribution >= 0.6 is 0 Å². The van der Waals surface area contributed by atoms with Gasteiger partial charge in [-0.3, -0.25) is 4.79 Å². The minimum Gasteiger partial charge on any atom is -0.369 e. The number of carbonyl (C=O) groups is 1. The summed E-state index contributed by atoms with van der Waals surface area (Å²) < 4.78 is 12.2. The van der Waals surface area contributed by atoms with Crippen molar-refractivity contribution in [2.24, 2.45) is 5.73 Å². The van der Waals surface area contributed by atoms with E-state index in [1.165, 1.54) is 0 Å². The Kier molecular flexibility index (Phi) is 3.29. The second-order valence-corrected chi connectivity index (χ2v) is 5.80. The Labute approximate surface area is 134 Å². The Hall–Kier alpha value is -2.43. The van der Waals surface area contributed by atoms with Crippen LogP contribution in [-0.4, -0.2) is 19.1 Å². The molecule has 4 rings (SSSR count). The lowest BCUT2D eigenvalue weighted by atomic mass is 9.91. The van der Waals surface area contributed by atoms with Gasteiger partial charge in [0, 0.05) is 11.1 Å². The molecule has 1 heterocycles. The Balaban J connectivity index is 1.92. The molecule has 2 N–H and O–H groups in total. The number of hydrogen-bond acceptors (Lipinski definition) is 3. The van der Waals surface area contributed by atoms with Crippen LogP contribution in [0.3, 0.4) is 0 Å². The first kappa shape index (κ1) is 14.2. The highest BCUT2D eigenvalue weighted by Gasteiger charge is 2.43. The molecule has 0 saturated carbocycles. The number of benzene rings is 2. The summed E-state index contributed by atoms with van der Waals surface area (Å²) in [5.41, 5.74) is 10.2. The van der Waals surface area contributed by atoms with Gasteiger partial charge in [-0.1, -0.05) is 54.6 Å². The second kappa shape index (κ2) is 5.33. The standard InChI is InChI=1S/C19H17NO3/c20-18(21)12-13-5-8-17-15(11-13)7-6-14-3-1-2-4-16(14)19(17)22-9-10-23-19/h1-8,11H,9-10,12H2,(H2,20,21). The molecule has 1 aliphatic carbocycles. The molecule has 0 radical (unpaired) electrons. The van der Waals surface area contributed by atoms with Crippen molar-refractivity contribution in [1.29, 1.82) is 0 Å². The van der Waals surface area contributed by atoms with Crippen molar-refractivity contribution < 1.29 is 14.3 Å². The summed E-state index contributed by atoms with van der Waals surface area (Å²) in [5, 5.41) is 0. The highest BCUT2D eigenvalue weighted by atomic mass is 16.7. The minimum absolute atomic E-state index is 0.225. The third kappa shape index (κ3) is 2.27. The zero-order valence-corrected chi connectivity index (χ0v) is 12.6. The van der Waals surface area contributed by atoms with E-state index in [0.29, 0.717) is 13.2 Å². The first-order valence-electron chi connectivity index (χ1n) is 7.66. The molecule has 1 aliphatic heterocycles. The molecule has 1 saturated heterocycles. The SMILES string of the molecule is NC(=O)Cc1ccc2c(c1)C=Cc1ccccc1C21OCCO1. The topological polar surface area (TPSA) is 61.6 Å². The molecule has 4 heteroatoms. The van der Waals surface area contributed by atoms with E-state index in [1.54, 1.807) is 0 Å². The van der Waals surface area contributed by atoms with Gasteiger partial charge in [0.05, 0.1) is 19.6 Å². The summed E-state index contributed by atoms with van der Waals surface area (Å²) in [6.07, 6.45) is 4.32. The molecule has 0 unspecified atom stereocenters. The minimum atomic E-state index is -0.874. The molecule has 2 aliphatic rings. The maximum Gasteiger partial charge on any atom is 0.223 e. The molecule has 0 aromatic heterocycles. The van der Waals surface area contributed by atoms with Crippen molar-refractivity contribution in [2.75, 3.05) is 13.2 Å². The van der Waals surface area contributed by atoms with Gasteiger partial charge in [0.1, 0.15) is 0 Å². The average Bonchev–Trinajstić information content (AvgIpc) is 2.98. The summed E-state index contributed by atoms with van der Waals surface area (Å²) in [5.74, 6) is -1.21. The predicted molar refractivity (Wildman–Crippen MR) is 87.4 cm³/mol. The molecule has 23 heavy (non-hydrogen) atoms. The van der Waals surface area contributed by atoms with Crippen molar-refractivity contribution in [3.8, 4) is 0 Å². The Morgan fingerprint density at radius 1 is 1.00 bits per heavy atom. The number of nitrogens with two attached hydrogens (primary N) is 1. The average molecular weight is 307 g/mol. The fourth-order valence-electron chi connectivity index (χ4n) is 3.35. The first-order chi connectivity index (χ1) is 11.2. The van der Waals surface area contributed by atoms with Crippen LogP contribution in [0.5, 0.6) is 0 Å². The van der Waals surface area contributed by atoms with E-state index >= 15 is 0 Å². The quantitative estimate of drug-likeness (QED) is 0.927. The number of fused-ring (bicyclic) bond motifs is 4. The van der Waals surface area contributed by atoms with E-state index in [2.05, 4.69) is 12.1 Å². The molecule has 2 aromatic carbocycles. The van der Waals surface area contributed by atoms with Crippen LogP contribution in [0.2, 0.25) is 0 Å². The molecule has 116 valence electrons. The highest BCUT2D eigenvalue weighted by Crippen LogP contribution is 2.44. The summed E-state index contributed by atoms with van der Waals surface area (Å²) in [6.45, 7) is 1.10. The lowest BCUT2D eigenvalue weighted by Crippen LogP contribution is -2.30. The number of carbonyl (C=O) groups excluding carboxylic acids is 1. The third-order valence-corrected chi connectivity index (χ3v) is 4.30. The van der Waals surface area contributed by atoms with Crippen molar-refractivity contribution in [2.45, 2.75) is 12.2 Å². The van der Waals surface area contributed by atoms with E-state index in [4.69, 9.17) is 15.2 Å². The summed E-state index contributed by atoms with van der Waals surface area (Å²) >= 11 is 0. The highest BCUT2D eigenvalue weighted by molar-refractivity contribution is 5.79.